The van der Waals surface area contributed by atoms with Crippen molar-refractivity contribution in [2.75, 3.05) is 19.5 Å². The smallest absolute Gasteiger partial charge is 0.224 e. The molecule has 1 aromatic heterocycles. The first-order chi connectivity index (χ1) is 10.0. The molecule has 21 heavy (non-hydrogen) atoms. The molecule has 0 bridgehead atoms. The fourth-order valence-electron chi connectivity index (χ4n) is 2.03. The van der Waals surface area contributed by atoms with E-state index in [9.17, 15) is 0 Å². The highest BCUT2D eigenvalue weighted by atomic mass is 16.5. The SMILES string of the molecule is CNc1cc(Oc2c(C)ccc(C)c2C)nc(COC)n1. The van der Waals surface area contributed by atoms with Gasteiger partial charge >= 0.3 is 0 Å². The number of methoxy groups -OCH3 is 1. The molecule has 1 aromatic carbocycles. The molecule has 0 aliphatic carbocycles. The minimum atomic E-state index is 0.345. The lowest BCUT2D eigenvalue weighted by Crippen LogP contribution is -2.04. The van der Waals surface area contributed by atoms with E-state index in [1.165, 1.54) is 5.56 Å². The number of anilines is 1. The summed E-state index contributed by atoms with van der Waals surface area (Å²) in [6, 6.07) is 5.92. The van der Waals surface area contributed by atoms with Crippen molar-refractivity contribution < 1.29 is 9.47 Å². The number of aryl methyl sites for hydroxylation is 2. The molecule has 0 saturated carbocycles. The fourth-order valence-corrected chi connectivity index (χ4v) is 2.03. The molecule has 2 aromatic rings. The van der Waals surface area contributed by atoms with Crippen LogP contribution in [0.4, 0.5) is 5.82 Å². The molecule has 5 nitrogen and oxygen atoms in total. The summed E-state index contributed by atoms with van der Waals surface area (Å²) in [5.41, 5.74) is 3.39. The fraction of sp³-hybridized carbons (Fsp3) is 0.375. The van der Waals surface area contributed by atoms with Crippen LogP contribution >= 0.6 is 0 Å². The minimum absolute atomic E-state index is 0.345. The summed E-state index contributed by atoms with van der Waals surface area (Å²) >= 11 is 0. The first kappa shape index (κ1) is 15.3. The Hall–Kier alpha value is -2.14. The number of nitrogens with zero attached hydrogens (tertiary/aromatic N) is 2. The average molecular weight is 287 g/mol. The number of ether oxygens (including phenoxy) is 2. The van der Waals surface area contributed by atoms with Gasteiger partial charge in [0, 0.05) is 20.2 Å². The van der Waals surface area contributed by atoms with E-state index in [1.54, 1.807) is 13.2 Å². The van der Waals surface area contributed by atoms with Crippen molar-refractivity contribution in [2.24, 2.45) is 0 Å². The zero-order valence-electron chi connectivity index (χ0n) is 13.2. The van der Waals surface area contributed by atoms with Gasteiger partial charge in [0.1, 0.15) is 18.2 Å². The maximum atomic E-state index is 6.00. The van der Waals surface area contributed by atoms with Gasteiger partial charge in [-0.15, -0.1) is 0 Å². The van der Waals surface area contributed by atoms with Crippen LogP contribution in [0, 0.1) is 20.8 Å². The van der Waals surface area contributed by atoms with Crippen LogP contribution in [0.2, 0.25) is 0 Å². The molecule has 0 spiro atoms. The van der Waals surface area contributed by atoms with Gasteiger partial charge in [-0.25, -0.2) is 4.98 Å². The van der Waals surface area contributed by atoms with Gasteiger partial charge < -0.3 is 14.8 Å². The topological polar surface area (TPSA) is 56.3 Å². The largest absolute Gasteiger partial charge is 0.438 e. The average Bonchev–Trinajstić information content (AvgIpc) is 2.48. The van der Waals surface area contributed by atoms with Gasteiger partial charge in [-0.2, -0.15) is 4.98 Å². The number of rotatable bonds is 5. The molecule has 5 heteroatoms. The second kappa shape index (κ2) is 6.54. The molecule has 0 atom stereocenters. The number of hydrogen-bond donors (Lipinski definition) is 1. The van der Waals surface area contributed by atoms with Crippen molar-refractivity contribution in [3.8, 4) is 11.6 Å². The van der Waals surface area contributed by atoms with Crippen LogP contribution in [-0.2, 0) is 11.3 Å². The van der Waals surface area contributed by atoms with Crippen molar-refractivity contribution >= 4 is 5.82 Å². The summed E-state index contributed by atoms with van der Waals surface area (Å²) in [5, 5.41) is 3.01. The van der Waals surface area contributed by atoms with E-state index in [-0.39, 0.29) is 0 Å². The third-order valence-electron chi connectivity index (χ3n) is 3.36. The Bertz CT molecular complexity index is 642. The summed E-state index contributed by atoms with van der Waals surface area (Å²) in [5.74, 6) is 2.65. The lowest BCUT2D eigenvalue weighted by Gasteiger charge is -2.14. The molecule has 0 unspecified atom stereocenters. The molecule has 112 valence electrons. The highest BCUT2D eigenvalue weighted by molar-refractivity contribution is 5.47. The Morgan fingerprint density at radius 2 is 1.81 bits per heavy atom. The van der Waals surface area contributed by atoms with E-state index in [1.807, 2.05) is 27.0 Å². The Labute approximate surface area is 125 Å². The van der Waals surface area contributed by atoms with Crippen LogP contribution in [0.5, 0.6) is 11.6 Å². The van der Waals surface area contributed by atoms with Crippen molar-refractivity contribution in [3.63, 3.8) is 0 Å². The Kier molecular flexibility index (Phi) is 4.75. The Morgan fingerprint density at radius 1 is 1.10 bits per heavy atom. The second-order valence-electron chi connectivity index (χ2n) is 4.95. The number of aromatic nitrogens is 2. The van der Waals surface area contributed by atoms with Gasteiger partial charge in [0.15, 0.2) is 5.82 Å². The van der Waals surface area contributed by atoms with Gasteiger partial charge in [-0.3, -0.25) is 0 Å². The van der Waals surface area contributed by atoms with Crippen LogP contribution in [0.3, 0.4) is 0 Å². The Morgan fingerprint density at radius 3 is 2.48 bits per heavy atom. The van der Waals surface area contributed by atoms with E-state index in [0.29, 0.717) is 24.1 Å². The maximum absolute atomic E-state index is 6.00. The zero-order valence-corrected chi connectivity index (χ0v) is 13.2. The summed E-state index contributed by atoms with van der Waals surface area (Å²) < 4.78 is 11.1. The number of benzene rings is 1. The molecule has 0 saturated heterocycles. The van der Waals surface area contributed by atoms with Crippen LogP contribution in [0.25, 0.3) is 0 Å². The zero-order chi connectivity index (χ0) is 15.4. The molecule has 1 N–H and O–H groups in total. The van der Waals surface area contributed by atoms with Gasteiger partial charge in [-0.05, 0) is 37.5 Å². The predicted octanol–water partition coefficient (Wildman–Crippen LogP) is 3.38. The summed E-state index contributed by atoms with van der Waals surface area (Å²) in [6.07, 6.45) is 0. The van der Waals surface area contributed by atoms with Gasteiger partial charge in [-0.1, -0.05) is 12.1 Å². The molecule has 0 aliphatic rings. The van der Waals surface area contributed by atoms with E-state index in [0.717, 1.165) is 16.9 Å². The highest BCUT2D eigenvalue weighted by Gasteiger charge is 2.11. The molecular weight excluding hydrogens is 266 g/mol. The molecule has 0 radical (unpaired) electrons. The van der Waals surface area contributed by atoms with Crippen molar-refractivity contribution in [1.29, 1.82) is 0 Å². The predicted molar refractivity (Wildman–Crippen MR) is 83.0 cm³/mol. The summed E-state index contributed by atoms with van der Waals surface area (Å²) in [7, 11) is 3.43. The highest BCUT2D eigenvalue weighted by Crippen LogP contribution is 2.30. The molecule has 0 amide bonds. The number of hydrogen-bond acceptors (Lipinski definition) is 5. The van der Waals surface area contributed by atoms with Gasteiger partial charge in [0.25, 0.3) is 0 Å². The van der Waals surface area contributed by atoms with Crippen LogP contribution < -0.4 is 10.1 Å². The van der Waals surface area contributed by atoms with Crippen molar-refractivity contribution in [1.82, 2.24) is 9.97 Å². The van der Waals surface area contributed by atoms with Crippen molar-refractivity contribution in [2.45, 2.75) is 27.4 Å². The van der Waals surface area contributed by atoms with Gasteiger partial charge in [0.2, 0.25) is 5.88 Å². The maximum Gasteiger partial charge on any atom is 0.224 e. The third-order valence-corrected chi connectivity index (χ3v) is 3.36. The van der Waals surface area contributed by atoms with Crippen molar-refractivity contribution in [3.05, 3.63) is 40.7 Å². The quantitative estimate of drug-likeness (QED) is 0.913. The second-order valence-corrected chi connectivity index (χ2v) is 4.95. The Balaban J connectivity index is 2.39. The van der Waals surface area contributed by atoms with Crippen LogP contribution in [-0.4, -0.2) is 24.1 Å². The van der Waals surface area contributed by atoms with E-state index in [4.69, 9.17) is 9.47 Å². The van der Waals surface area contributed by atoms with Crippen LogP contribution in [0.15, 0.2) is 18.2 Å². The third kappa shape index (κ3) is 3.49. The normalized spacial score (nSPS) is 10.5. The lowest BCUT2D eigenvalue weighted by atomic mass is 10.1. The number of nitrogens with one attached hydrogen (secondary N) is 1. The van der Waals surface area contributed by atoms with E-state index >= 15 is 0 Å². The molecule has 2 rings (SSSR count). The van der Waals surface area contributed by atoms with Gasteiger partial charge in [0.05, 0.1) is 0 Å². The first-order valence-electron chi connectivity index (χ1n) is 6.84. The summed E-state index contributed by atoms with van der Waals surface area (Å²) in [4.78, 5) is 8.70. The van der Waals surface area contributed by atoms with E-state index < -0.39 is 0 Å². The monoisotopic (exact) mass is 287 g/mol. The summed E-state index contributed by atoms with van der Waals surface area (Å²) in [6.45, 7) is 6.49. The molecule has 1 heterocycles. The standard InChI is InChI=1S/C16H21N3O2/c1-10-6-7-11(2)16(12(10)3)21-15-8-13(17-4)18-14(19-15)9-20-5/h6-8H,9H2,1-5H3,(H,17,18,19). The van der Waals surface area contributed by atoms with E-state index in [2.05, 4.69) is 28.3 Å². The molecule has 0 fully saturated rings. The molecule has 0 aliphatic heterocycles. The first-order valence-corrected chi connectivity index (χ1v) is 6.84. The minimum Gasteiger partial charge on any atom is -0.438 e. The lowest BCUT2D eigenvalue weighted by molar-refractivity contribution is 0.177. The van der Waals surface area contributed by atoms with Crippen LogP contribution in [0.1, 0.15) is 22.5 Å². The molecular formula is C16H21N3O2.